The first kappa shape index (κ1) is 29.0. The Kier molecular flexibility index (Phi) is 10.0. The molecular formula is C36H39NO3. The van der Waals surface area contributed by atoms with E-state index in [1.807, 2.05) is 48.5 Å². The molecule has 0 aliphatic heterocycles. The van der Waals surface area contributed by atoms with E-state index >= 15 is 0 Å². The number of carbonyl (C=O) groups excluding carboxylic acids is 1. The van der Waals surface area contributed by atoms with Crippen LogP contribution in [0.2, 0.25) is 0 Å². The summed E-state index contributed by atoms with van der Waals surface area (Å²) in [5.74, 6) is -0.695. The molecule has 1 atom stereocenters. The molecule has 4 aromatic rings. The summed E-state index contributed by atoms with van der Waals surface area (Å²) in [6, 6.07) is 41.2. The second-order valence-corrected chi connectivity index (χ2v) is 10.6. The molecule has 0 aromatic heterocycles. The van der Waals surface area contributed by atoms with Gasteiger partial charge >= 0.3 is 5.97 Å². The minimum atomic E-state index is -0.864. The molecule has 0 amide bonds. The highest BCUT2D eigenvalue weighted by Gasteiger charge is 2.43. The molecule has 4 aromatic carbocycles. The van der Waals surface area contributed by atoms with Crippen LogP contribution in [-0.4, -0.2) is 34.8 Å². The van der Waals surface area contributed by atoms with E-state index in [4.69, 9.17) is 5.11 Å². The molecule has 4 rings (SSSR count). The summed E-state index contributed by atoms with van der Waals surface area (Å²) < 4.78 is 0. The van der Waals surface area contributed by atoms with Crippen LogP contribution in [0.3, 0.4) is 0 Å². The second kappa shape index (κ2) is 13.9. The zero-order valence-corrected chi connectivity index (χ0v) is 23.4. The largest absolute Gasteiger partial charge is 0.481 e. The third kappa shape index (κ3) is 6.75. The number of hydrogen-bond acceptors (Lipinski definition) is 3. The van der Waals surface area contributed by atoms with Crippen LogP contribution in [0.5, 0.6) is 0 Å². The quantitative estimate of drug-likeness (QED) is 0.169. The SMILES string of the molecule is CC(CC(C(=O)CCCCC(=O)O)(c1ccccc1)c1ccccc1)N(C)C(c1ccccc1)c1ccccc1. The highest BCUT2D eigenvalue weighted by Crippen LogP contribution is 2.41. The highest BCUT2D eigenvalue weighted by molar-refractivity contribution is 5.94. The summed E-state index contributed by atoms with van der Waals surface area (Å²) in [6.45, 7) is 2.21. The second-order valence-electron chi connectivity index (χ2n) is 10.6. The van der Waals surface area contributed by atoms with E-state index in [2.05, 4.69) is 91.7 Å². The summed E-state index contributed by atoms with van der Waals surface area (Å²) in [5.41, 5.74) is 3.49. The lowest BCUT2D eigenvalue weighted by Gasteiger charge is -2.41. The van der Waals surface area contributed by atoms with Crippen LogP contribution in [-0.2, 0) is 15.0 Å². The highest BCUT2D eigenvalue weighted by atomic mass is 16.4. The van der Waals surface area contributed by atoms with Crippen molar-refractivity contribution in [1.82, 2.24) is 4.90 Å². The lowest BCUT2D eigenvalue weighted by atomic mass is 9.66. The first-order valence-corrected chi connectivity index (χ1v) is 14.1. The van der Waals surface area contributed by atoms with Crippen LogP contribution in [0, 0.1) is 0 Å². The Balaban J connectivity index is 1.76. The van der Waals surface area contributed by atoms with Gasteiger partial charge in [0.05, 0.1) is 11.5 Å². The predicted molar refractivity (Wildman–Crippen MR) is 161 cm³/mol. The van der Waals surface area contributed by atoms with Crippen LogP contribution in [0.15, 0.2) is 121 Å². The average Bonchev–Trinajstić information content (AvgIpc) is 3.00. The Morgan fingerprint density at radius 2 is 1.07 bits per heavy atom. The summed E-state index contributed by atoms with van der Waals surface area (Å²) >= 11 is 0. The maximum atomic E-state index is 14.4. The van der Waals surface area contributed by atoms with Crippen molar-refractivity contribution < 1.29 is 14.7 Å². The zero-order chi connectivity index (χ0) is 28.4. The van der Waals surface area contributed by atoms with Crippen LogP contribution in [0.25, 0.3) is 0 Å². The Hall–Kier alpha value is -4.02. The van der Waals surface area contributed by atoms with E-state index in [9.17, 15) is 9.59 Å². The number of nitrogens with zero attached hydrogens (tertiary/aromatic N) is 1. The van der Waals surface area contributed by atoms with Gasteiger partial charge in [-0.2, -0.15) is 0 Å². The summed E-state index contributed by atoms with van der Waals surface area (Å²) in [4.78, 5) is 27.9. The molecule has 40 heavy (non-hydrogen) atoms. The van der Waals surface area contributed by atoms with E-state index in [1.54, 1.807) is 0 Å². The number of carboxylic acids is 1. The minimum Gasteiger partial charge on any atom is -0.481 e. The van der Waals surface area contributed by atoms with Crippen molar-refractivity contribution in [3.63, 3.8) is 0 Å². The van der Waals surface area contributed by atoms with Gasteiger partial charge in [-0.25, -0.2) is 0 Å². The number of Topliss-reactive ketones (excluding diaryl/α,β-unsaturated/α-hetero) is 1. The molecule has 0 saturated heterocycles. The van der Waals surface area contributed by atoms with Gasteiger partial charge in [-0.1, -0.05) is 121 Å². The van der Waals surface area contributed by atoms with Gasteiger partial charge in [0.25, 0.3) is 0 Å². The number of benzene rings is 4. The van der Waals surface area contributed by atoms with Gasteiger partial charge in [-0.05, 0) is 55.5 Å². The Morgan fingerprint density at radius 1 is 0.675 bits per heavy atom. The average molecular weight is 534 g/mol. The molecule has 4 nitrogen and oxygen atoms in total. The molecule has 206 valence electrons. The van der Waals surface area contributed by atoms with Gasteiger partial charge in [0.2, 0.25) is 0 Å². The predicted octanol–water partition coefficient (Wildman–Crippen LogP) is 7.69. The summed E-state index contributed by atoms with van der Waals surface area (Å²) in [6.07, 6.45) is 2.03. The number of rotatable bonds is 14. The zero-order valence-electron chi connectivity index (χ0n) is 23.4. The van der Waals surface area contributed by atoms with Crippen molar-refractivity contribution in [3.05, 3.63) is 144 Å². The fourth-order valence-corrected chi connectivity index (χ4v) is 5.83. The molecule has 1 N–H and O–H groups in total. The first-order valence-electron chi connectivity index (χ1n) is 14.1. The van der Waals surface area contributed by atoms with Crippen LogP contribution < -0.4 is 0 Å². The number of carboxylic acid groups (broad SMARTS) is 1. The fourth-order valence-electron chi connectivity index (χ4n) is 5.83. The molecular weight excluding hydrogens is 494 g/mol. The molecule has 0 aliphatic rings. The van der Waals surface area contributed by atoms with Gasteiger partial charge in [0, 0.05) is 18.9 Å². The van der Waals surface area contributed by atoms with Crippen molar-refractivity contribution in [2.24, 2.45) is 0 Å². The third-order valence-electron chi connectivity index (χ3n) is 7.99. The minimum absolute atomic E-state index is 0.0207. The van der Waals surface area contributed by atoms with Crippen LogP contribution in [0.1, 0.15) is 67.3 Å². The molecule has 0 aliphatic carbocycles. The standard InChI is InChI=1S/C36H39NO3/c1-28(37(2)35(29-17-7-3-8-18-29)30-19-9-4-10-20-30)27-36(31-21-11-5-12-22-31,32-23-13-6-14-24-32)33(38)25-15-16-26-34(39)40/h3-14,17-24,28,35H,15-16,25-27H2,1-2H3,(H,39,40). The van der Waals surface area contributed by atoms with Crippen molar-refractivity contribution in [1.29, 1.82) is 0 Å². The number of ketones is 1. The molecule has 1 unspecified atom stereocenters. The van der Waals surface area contributed by atoms with Crippen molar-refractivity contribution >= 4 is 11.8 Å². The third-order valence-corrected chi connectivity index (χ3v) is 7.99. The van der Waals surface area contributed by atoms with Gasteiger partial charge in [-0.15, -0.1) is 0 Å². The van der Waals surface area contributed by atoms with Gasteiger partial charge < -0.3 is 5.11 Å². The lowest BCUT2D eigenvalue weighted by molar-refractivity contribution is -0.137. The fraction of sp³-hybridized carbons (Fsp3) is 0.278. The van der Waals surface area contributed by atoms with Crippen LogP contribution >= 0.6 is 0 Å². The molecule has 0 heterocycles. The molecule has 0 radical (unpaired) electrons. The Bertz CT molecular complexity index is 1260. The Labute approximate surface area is 238 Å². The van der Waals surface area contributed by atoms with Crippen molar-refractivity contribution in [3.8, 4) is 0 Å². The van der Waals surface area contributed by atoms with Crippen molar-refractivity contribution in [2.75, 3.05) is 7.05 Å². The number of unbranched alkanes of at least 4 members (excludes halogenated alkanes) is 1. The van der Waals surface area contributed by atoms with Crippen molar-refractivity contribution in [2.45, 2.75) is 56.5 Å². The lowest BCUT2D eigenvalue weighted by Crippen LogP contribution is -2.45. The van der Waals surface area contributed by atoms with E-state index in [0.29, 0.717) is 25.7 Å². The number of aliphatic carboxylic acids is 1. The van der Waals surface area contributed by atoms with E-state index in [-0.39, 0.29) is 24.3 Å². The monoisotopic (exact) mass is 533 g/mol. The number of carbonyl (C=O) groups is 2. The molecule has 0 spiro atoms. The van der Waals surface area contributed by atoms with Gasteiger partial charge in [-0.3, -0.25) is 14.5 Å². The normalized spacial score (nSPS) is 12.4. The van der Waals surface area contributed by atoms with Gasteiger partial charge in [0.15, 0.2) is 0 Å². The summed E-state index contributed by atoms with van der Waals surface area (Å²) in [5, 5.41) is 9.12. The summed E-state index contributed by atoms with van der Waals surface area (Å²) in [7, 11) is 2.15. The molecule has 0 fully saturated rings. The maximum absolute atomic E-state index is 14.4. The molecule has 4 heteroatoms. The maximum Gasteiger partial charge on any atom is 0.303 e. The number of hydrogen-bond donors (Lipinski definition) is 1. The molecule has 0 saturated carbocycles. The van der Waals surface area contributed by atoms with Crippen LogP contribution in [0.4, 0.5) is 0 Å². The smallest absolute Gasteiger partial charge is 0.303 e. The Morgan fingerprint density at radius 3 is 1.50 bits per heavy atom. The van der Waals surface area contributed by atoms with E-state index < -0.39 is 11.4 Å². The van der Waals surface area contributed by atoms with E-state index in [0.717, 1.165) is 11.1 Å². The van der Waals surface area contributed by atoms with Gasteiger partial charge in [0.1, 0.15) is 5.78 Å². The first-order chi connectivity index (χ1) is 19.4. The topological polar surface area (TPSA) is 57.6 Å². The molecule has 0 bridgehead atoms. The van der Waals surface area contributed by atoms with E-state index in [1.165, 1.54) is 11.1 Å².